The van der Waals surface area contributed by atoms with Gasteiger partial charge in [0, 0.05) is 14.2 Å². The Bertz CT molecular complexity index is 286. The summed E-state index contributed by atoms with van der Waals surface area (Å²) in [5.74, 6) is 0. The molecule has 0 aliphatic rings. The predicted octanol–water partition coefficient (Wildman–Crippen LogP) is -0.333. The average molecular weight is 217 g/mol. The molecule has 0 amide bonds. The first-order valence-corrected chi connectivity index (χ1v) is 6.59. The molecule has 0 saturated heterocycles. The second-order valence-corrected chi connectivity index (χ2v) is 6.33. The van der Waals surface area contributed by atoms with Crippen molar-refractivity contribution in [3.05, 3.63) is 0 Å². The van der Waals surface area contributed by atoms with Crippen molar-refractivity contribution in [3.63, 3.8) is 0 Å². The van der Waals surface area contributed by atoms with Crippen LogP contribution < -0.4 is 0 Å². The Kier molecular flexibility index (Phi) is 3.87. The highest BCUT2D eigenvalue weighted by Gasteiger charge is 2.24. The molecule has 0 aliphatic heterocycles. The highest BCUT2D eigenvalue weighted by molar-refractivity contribution is 7.88. The number of hydrogen-bond donors (Lipinski definition) is 1. The van der Waals surface area contributed by atoms with Crippen molar-refractivity contribution >= 4 is 17.6 Å². The van der Waals surface area contributed by atoms with Crippen LogP contribution in [0.3, 0.4) is 0 Å². The van der Waals surface area contributed by atoms with Crippen LogP contribution in [0.4, 0.5) is 0 Å². The predicted molar refractivity (Wildman–Crippen MR) is 44.3 cm³/mol. The van der Waals surface area contributed by atoms with Gasteiger partial charge in [0.25, 0.3) is 0 Å². The Labute approximate surface area is 71.7 Å². The maximum absolute atomic E-state index is 10.9. The zero-order chi connectivity index (χ0) is 9.99. The fraction of sp³-hybridized carbons (Fsp3) is 1.00. The molecule has 1 unspecified atom stereocenters. The normalized spacial score (nSPS) is 17.8. The summed E-state index contributed by atoms with van der Waals surface area (Å²) in [5.41, 5.74) is 0. The second-order valence-electron chi connectivity index (χ2n) is 2.32. The summed E-state index contributed by atoms with van der Waals surface area (Å²) >= 11 is 0. The standard InChI is InChI=1S/C4H12NO5PS/c1-5(12(3,8)9)4-11(6,7)10-2/h4H2,1-3H3,(H,6,7). The van der Waals surface area contributed by atoms with E-state index in [1.54, 1.807) is 0 Å². The first-order chi connectivity index (χ1) is 5.19. The first kappa shape index (κ1) is 12.1. The molecule has 0 rings (SSSR count). The lowest BCUT2D eigenvalue weighted by Gasteiger charge is -2.16. The molecule has 0 saturated carbocycles. The van der Waals surface area contributed by atoms with Crippen LogP contribution in [-0.2, 0) is 19.1 Å². The van der Waals surface area contributed by atoms with Gasteiger partial charge in [-0.1, -0.05) is 0 Å². The summed E-state index contributed by atoms with van der Waals surface area (Å²) in [4.78, 5) is 8.88. The van der Waals surface area contributed by atoms with Gasteiger partial charge in [-0.2, -0.15) is 4.31 Å². The molecule has 0 spiro atoms. The minimum absolute atomic E-state index is 0.525. The fourth-order valence-corrected chi connectivity index (χ4v) is 2.31. The van der Waals surface area contributed by atoms with E-state index in [0.29, 0.717) is 0 Å². The third-order valence-electron chi connectivity index (χ3n) is 1.23. The molecule has 0 radical (unpaired) electrons. The van der Waals surface area contributed by atoms with Crippen LogP contribution in [0.25, 0.3) is 0 Å². The summed E-state index contributed by atoms with van der Waals surface area (Å²) < 4.78 is 37.4. The molecule has 1 N–H and O–H groups in total. The molecule has 12 heavy (non-hydrogen) atoms. The highest BCUT2D eigenvalue weighted by atomic mass is 32.2. The van der Waals surface area contributed by atoms with E-state index < -0.39 is 23.9 Å². The Morgan fingerprint density at radius 1 is 1.58 bits per heavy atom. The van der Waals surface area contributed by atoms with Crippen LogP contribution in [0.15, 0.2) is 0 Å². The number of sulfonamides is 1. The Morgan fingerprint density at radius 2 is 2.00 bits per heavy atom. The van der Waals surface area contributed by atoms with Gasteiger partial charge in [-0.15, -0.1) is 0 Å². The van der Waals surface area contributed by atoms with E-state index in [4.69, 9.17) is 4.89 Å². The maximum Gasteiger partial charge on any atom is 0.342 e. The summed E-state index contributed by atoms with van der Waals surface area (Å²) in [7, 11) is -4.95. The third-order valence-corrected chi connectivity index (χ3v) is 4.03. The van der Waals surface area contributed by atoms with Gasteiger partial charge in [-0.3, -0.25) is 4.57 Å². The number of hydrogen-bond acceptors (Lipinski definition) is 4. The van der Waals surface area contributed by atoms with E-state index in [9.17, 15) is 13.0 Å². The molecule has 0 heterocycles. The van der Waals surface area contributed by atoms with Gasteiger partial charge in [0.05, 0.1) is 6.26 Å². The third kappa shape index (κ3) is 4.18. The van der Waals surface area contributed by atoms with E-state index in [-0.39, 0.29) is 0 Å². The molecule has 0 aliphatic carbocycles. The van der Waals surface area contributed by atoms with Gasteiger partial charge in [-0.25, -0.2) is 8.42 Å². The minimum atomic E-state index is -3.78. The Hall–Kier alpha value is 0.0600. The molecule has 0 aromatic carbocycles. The Balaban J connectivity index is 4.40. The molecule has 6 nitrogen and oxygen atoms in total. The van der Waals surface area contributed by atoms with Gasteiger partial charge in [0.15, 0.2) is 0 Å². The lowest BCUT2D eigenvalue weighted by Crippen LogP contribution is -2.26. The van der Waals surface area contributed by atoms with E-state index >= 15 is 0 Å². The molecular weight excluding hydrogens is 205 g/mol. The van der Waals surface area contributed by atoms with Crippen molar-refractivity contribution in [1.82, 2.24) is 4.31 Å². The van der Waals surface area contributed by atoms with E-state index in [2.05, 4.69) is 4.52 Å². The summed E-state index contributed by atoms with van der Waals surface area (Å²) in [5, 5.41) is 0. The van der Waals surface area contributed by atoms with Crippen molar-refractivity contribution < 1.29 is 22.4 Å². The van der Waals surface area contributed by atoms with Crippen LogP contribution in [0.1, 0.15) is 0 Å². The monoisotopic (exact) mass is 217 g/mol. The van der Waals surface area contributed by atoms with Crippen molar-refractivity contribution in [2.24, 2.45) is 0 Å². The average Bonchev–Trinajstić information content (AvgIpc) is 1.85. The zero-order valence-electron chi connectivity index (χ0n) is 7.09. The van der Waals surface area contributed by atoms with Crippen LogP contribution in [-0.4, -0.2) is 44.3 Å². The van der Waals surface area contributed by atoms with Gasteiger partial charge in [-0.05, 0) is 0 Å². The van der Waals surface area contributed by atoms with Crippen molar-refractivity contribution in [2.75, 3.05) is 26.7 Å². The van der Waals surface area contributed by atoms with E-state index in [1.165, 1.54) is 7.05 Å². The summed E-state index contributed by atoms with van der Waals surface area (Å²) in [6.45, 7) is 0. The smallest absolute Gasteiger partial charge is 0.323 e. The lowest BCUT2D eigenvalue weighted by atomic mass is 11.2. The lowest BCUT2D eigenvalue weighted by molar-refractivity contribution is 0.303. The second kappa shape index (κ2) is 3.85. The first-order valence-electron chi connectivity index (χ1n) is 2.98. The fourth-order valence-electron chi connectivity index (χ4n) is 0.414. The molecular formula is C4H12NO5PS. The molecule has 1 atom stereocenters. The van der Waals surface area contributed by atoms with E-state index in [1.807, 2.05) is 0 Å². The summed E-state index contributed by atoms with van der Waals surface area (Å²) in [6, 6.07) is 0. The number of nitrogens with zero attached hydrogens (tertiary/aromatic N) is 1. The van der Waals surface area contributed by atoms with Crippen LogP contribution in [0.5, 0.6) is 0 Å². The SMILES string of the molecule is COP(=O)(O)CN(C)S(C)(=O)=O. The molecule has 0 aromatic heterocycles. The van der Waals surface area contributed by atoms with Gasteiger partial charge in [0.1, 0.15) is 6.29 Å². The maximum atomic E-state index is 10.9. The zero-order valence-corrected chi connectivity index (χ0v) is 8.80. The van der Waals surface area contributed by atoms with Gasteiger partial charge < -0.3 is 9.42 Å². The molecule has 0 aromatic rings. The van der Waals surface area contributed by atoms with Crippen molar-refractivity contribution in [1.29, 1.82) is 0 Å². The quantitative estimate of drug-likeness (QED) is 0.651. The van der Waals surface area contributed by atoms with Crippen LogP contribution in [0, 0.1) is 0 Å². The highest BCUT2D eigenvalue weighted by Crippen LogP contribution is 2.41. The molecule has 0 bridgehead atoms. The molecule has 0 fully saturated rings. The topological polar surface area (TPSA) is 83.9 Å². The molecule has 74 valence electrons. The van der Waals surface area contributed by atoms with Crippen LogP contribution in [0.2, 0.25) is 0 Å². The van der Waals surface area contributed by atoms with Crippen molar-refractivity contribution in [2.45, 2.75) is 0 Å². The van der Waals surface area contributed by atoms with Crippen molar-refractivity contribution in [3.8, 4) is 0 Å². The largest absolute Gasteiger partial charge is 0.342 e. The number of rotatable bonds is 4. The van der Waals surface area contributed by atoms with Gasteiger partial charge in [0.2, 0.25) is 10.0 Å². The van der Waals surface area contributed by atoms with Gasteiger partial charge >= 0.3 is 7.60 Å². The Morgan fingerprint density at radius 3 is 2.25 bits per heavy atom. The minimum Gasteiger partial charge on any atom is -0.323 e. The summed E-state index contributed by atoms with van der Waals surface area (Å²) in [6.07, 6.45) is 0.422. The molecule has 8 heteroatoms. The van der Waals surface area contributed by atoms with E-state index in [0.717, 1.165) is 17.7 Å². The van der Waals surface area contributed by atoms with Crippen LogP contribution >= 0.6 is 7.60 Å².